The SMILES string of the molecule is COc1ccc2c(c1)C(Cc1cccc(Cl)c1)C(N1CCC1)C2. The summed E-state index contributed by atoms with van der Waals surface area (Å²) in [4.78, 5) is 2.64. The van der Waals surface area contributed by atoms with Crippen molar-refractivity contribution in [3.8, 4) is 5.75 Å². The lowest BCUT2D eigenvalue weighted by atomic mass is 9.89. The lowest BCUT2D eigenvalue weighted by molar-refractivity contribution is 0.106. The van der Waals surface area contributed by atoms with Gasteiger partial charge in [-0.2, -0.15) is 0 Å². The first-order chi connectivity index (χ1) is 11.2. The van der Waals surface area contributed by atoms with Crippen molar-refractivity contribution >= 4 is 11.6 Å². The molecule has 3 heteroatoms. The number of likely N-dealkylation sites (tertiary alicyclic amines) is 1. The van der Waals surface area contributed by atoms with Crippen molar-refractivity contribution in [3.05, 3.63) is 64.2 Å². The third-order valence-electron chi connectivity index (χ3n) is 5.35. The molecule has 1 aliphatic heterocycles. The minimum absolute atomic E-state index is 0.527. The maximum Gasteiger partial charge on any atom is 0.119 e. The first kappa shape index (κ1) is 15.0. The van der Waals surface area contributed by atoms with Gasteiger partial charge in [0, 0.05) is 17.0 Å². The zero-order chi connectivity index (χ0) is 15.8. The van der Waals surface area contributed by atoms with Gasteiger partial charge in [-0.25, -0.2) is 0 Å². The number of hydrogen-bond donors (Lipinski definition) is 0. The predicted molar refractivity (Wildman–Crippen MR) is 94.6 cm³/mol. The highest BCUT2D eigenvalue weighted by molar-refractivity contribution is 6.30. The molecule has 4 rings (SSSR count). The maximum atomic E-state index is 6.19. The summed E-state index contributed by atoms with van der Waals surface area (Å²) in [6.45, 7) is 2.48. The summed E-state index contributed by atoms with van der Waals surface area (Å²) >= 11 is 6.19. The van der Waals surface area contributed by atoms with E-state index in [9.17, 15) is 0 Å². The van der Waals surface area contributed by atoms with Crippen LogP contribution in [0, 0.1) is 0 Å². The van der Waals surface area contributed by atoms with Crippen LogP contribution in [-0.2, 0) is 12.8 Å². The molecule has 1 fully saturated rings. The molecule has 0 N–H and O–H groups in total. The van der Waals surface area contributed by atoms with Gasteiger partial charge in [0.25, 0.3) is 0 Å². The van der Waals surface area contributed by atoms with Crippen molar-refractivity contribution in [2.75, 3.05) is 20.2 Å². The molecule has 0 aromatic heterocycles. The minimum Gasteiger partial charge on any atom is -0.497 e. The number of halogens is 1. The zero-order valence-corrected chi connectivity index (χ0v) is 14.2. The van der Waals surface area contributed by atoms with Crippen molar-refractivity contribution in [2.45, 2.75) is 31.2 Å². The molecule has 2 unspecified atom stereocenters. The van der Waals surface area contributed by atoms with Crippen LogP contribution in [0.2, 0.25) is 5.02 Å². The van der Waals surface area contributed by atoms with Crippen LogP contribution in [-0.4, -0.2) is 31.1 Å². The normalized spacial score (nSPS) is 23.4. The van der Waals surface area contributed by atoms with Gasteiger partial charge < -0.3 is 4.74 Å². The van der Waals surface area contributed by atoms with Gasteiger partial charge in [-0.1, -0.05) is 29.8 Å². The molecule has 23 heavy (non-hydrogen) atoms. The maximum absolute atomic E-state index is 6.19. The molecule has 2 aromatic rings. The third-order valence-corrected chi connectivity index (χ3v) is 5.59. The molecule has 1 heterocycles. The number of rotatable bonds is 4. The van der Waals surface area contributed by atoms with E-state index >= 15 is 0 Å². The van der Waals surface area contributed by atoms with Gasteiger partial charge in [0.1, 0.15) is 5.75 Å². The Morgan fingerprint density at radius 3 is 2.74 bits per heavy atom. The first-order valence-corrected chi connectivity index (χ1v) is 8.77. The summed E-state index contributed by atoms with van der Waals surface area (Å²) in [7, 11) is 1.75. The topological polar surface area (TPSA) is 12.5 Å². The second-order valence-corrected chi connectivity index (χ2v) is 7.10. The molecule has 0 amide bonds. The molecule has 2 atom stereocenters. The molecule has 1 saturated heterocycles. The molecular weight excluding hydrogens is 306 g/mol. The van der Waals surface area contributed by atoms with Gasteiger partial charge in [-0.3, -0.25) is 4.90 Å². The van der Waals surface area contributed by atoms with Crippen LogP contribution < -0.4 is 4.74 Å². The number of hydrogen-bond acceptors (Lipinski definition) is 2. The lowest BCUT2D eigenvalue weighted by Crippen LogP contribution is -2.47. The van der Waals surface area contributed by atoms with Crippen molar-refractivity contribution in [3.63, 3.8) is 0 Å². The fraction of sp³-hybridized carbons (Fsp3) is 0.400. The smallest absolute Gasteiger partial charge is 0.119 e. The zero-order valence-electron chi connectivity index (χ0n) is 13.5. The van der Waals surface area contributed by atoms with Crippen LogP contribution in [0.25, 0.3) is 0 Å². The number of nitrogens with zero attached hydrogens (tertiary/aromatic N) is 1. The Bertz CT molecular complexity index is 711. The van der Waals surface area contributed by atoms with E-state index in [1.807, 2.05) is 6.07 Å². The lowest BCUT2D eigenvalue weighted by Gasteiger charge is -2.39. The molecule has 0 bridgehead atoms. The Morgan fingerprint density at radius 2 is 2.04 bits per heavy atom. The molecule has 2 nitrogen and oxygen atoms in total. The van der Waals surface area contributed by atoms with Crippen molar-refractivity contribution in [1.29, 1.82) is 0 Å². The number of benzene rings is 2. The van der Waals surface area contributed by atoms with Gasteiger partial charge in [-0.15, -0.1) is 0 Å². The Morgan fingerprint density at radius 1 is 1.17 bits per heavy atom. The highest BCUT2D eigenvalue weighted by Crippen LogP contribution is 2.41. The van der Waals surface area contributed by atoms with E-state index in [2.05, 4.69) is 41.3 Å². The Hall–Kier alpha value is -1.51. The second kappa shape index (κ2) is 6.18. The monoisotopic (exact) mass is 327 g/mol. The Labute approximate surface area is 143 Å². The van der Waals surface area contributed by atoms with Crippen LogP contribution in [0.3, 0.4) is 0 Å². The van der Waals surface area contributed by atoms with Gasteiger partial charge in [0.15, 0.2) is 0 Å². The molecule has 2 aliphatic rings. The van der Waals surface area contributed by atoms with Gasteiger partial charge >= 0.3 is 0 Å². The van der Waals surface area contributed by atoms with Crippen molar-refractivity contribution in [2.24, 2.45) is 0 Å². The average molecular weight is 328 g/mol. The summed E-state index contributed by atoms with van der Waals surface area (Å²) in [6.07, 6.45) is 3.53. The predicted octanol–water partition coefficient (Wildman–Crippen LogP) is 4.31. The largest absolute Gasteiger partial charge is 0.497 e. The van der Waals surface area contributed by atoms with Gasteiger partial charge in [-0.05, 0) is 73.3 Å². The summed E-state index contributed by atoms with van der Waals surface area (Å²) in [6, 6.07) is 15.5. The van der Waals surface area contributed by atoms with Crippen LogP contribution >= 0.6 is 11.6 Å². The van der Waals surface area contributed by atoms with E-state index in [0.717, 1.165) is 23.6 Å². The number of fused-ring (bicyclic) bond motifs is 1. The van der Waals surface area contributed by atoms with Crippen molar-refractivity contribution in [1.82, 2.24) is 4.90 Å². The van der Waals surface area contributed by atoms with E-state index in [-0.39, 0.29) is 0 Å². The number of ether oxygens (including phenoxy) is 1. The summed E-state index contributed by atoms with van der Waals surface area (Å²) in [5.41, 5.74) is 4.26. The molecule has 120 valence electrons. The van der Waals surface area contributed by atoms with E-state index in [1.54, 1.807) is 7.11 Å². The summed E-state index contributed by atoms with van der Waals surface area (Å²) < 4.78 is 5.46. The number of methoxy groups -OCH3 is 1. The molecular formula is C20H22ClNO. The minimum atomic E-state index is 0.527. The fourth-order valence-electron chi connectivity index (χ4n) is 4.03. The fourth-order valence-corrected chi connectivity index (χ4v) is 4.24. The molecule has 1 aliphatic carbocycles. The Balaban J connectivity index is 1.68. The first-order valence-electron chi connectivity index (χ1n) is 8.40. The van der Waals surface area contributed by atoms with E-state index in [0.29, 0.717) is 12.0 Å². The average Bonchev–Trinajstić information content (AvgIpc) is 2.83. The standard InChI is InChI=1S/C20H22ClNO/c1-23-17-7-6-15-12-20(22-8-3-9-22)19(18(15)13-17)11-14-4-2-5-16(21)10-14/h2,4-7,10,13,19-20H,3,8-9,11-12H2,1H3. The van der Waals surface area contributed by atoms with Crippen LogP contribution in [0.5, 0.6) is 5.75 Å². The van der Waals surface area contributed by atoms with E-state index in [4.69, 9.17) is 16.3 Å². The molecule has 0 radical (unpaired) electrons. The van der Waals surface area contributed by atoms with Crippen LogP contribution in [0.1, 0.15) is 29.0 Å². The second-order valence-electron chi connectivity index (χ2n) is 6.67. The molecule has 0 saturated carbocycles. The quantitative estimate of drug-likeness (QED) is 0.830. The summed E-state index contributed by atoms with van der Waals surface area (Å²) in [5.74, 6) is 1.49. The third kappa shape index (κ3) is 2.86. The van der Waals surface area contributed by atoms with Gasteiger partial charge in [0.2, 0.25) is 0 Å². The molecule has 0 spiro atoms. The summed E-state index contributed by atoms with van der Waals surface area (Å²) in [5, 5.41) is 0.826. The highest BCUT2D eigenvalue weighted by Gasteiger charge is 2.38. The van der Waals surface area contributed by atoms with E-state index in [1.165, 1.54) is 36.2 Å². The van der Waals surface area contributed by atoms with Gasteiger partial charge in [0.05, 0.1) is 7.11 Å². The van der Waals surface area contributed by atoms with Crippen LogP contribution in [0.4, 0.5) is 0 Å². The Kier molecular flexibility index (Phi) is 4.04. The highest BCUT2D eigenvalue weighted by atomic mass is 35.5. The molecule has 2 aromatic carbocycles. The van der Waals surface area contributed by atoms with E-state index < -0.39 is 0 Å². The van der Waals surface area contributed by atoms with Crippen molar-refractivity contribution < 1.29 is 4.74 Å². The van der Waals surface area contributed by atoms with Crippen LogP contribution in [0.15, 0.2) is 42.5 Å².